The second-order valence-electron chi connectivity index (χ2n) is 16.3. The Morgan fingerprint density at radius 2 is 1.80 bits per heavy atom. The van der Waals surface area contributed by atoms with E-state index >= 15 is 0 Å². The maximum Gasteiger partial charge on any atom is 0.416 e. The highest BCUT2D eigenvalue weighted by molar-refractivity contribution is 7.90. The maximum atomic E-state index is 14.0. The van der Waals surface area contributed by atoms with Gasteiger partial charge in [-0.3, -0.25) is 4.79 Å². The van der Waals surface area contributed by atoms with Gasteiger partial charge in [0.1, 0.15) is 23.3 Å². The molecule has 0 spiro atoms. The molecule has 4 rings (SSSR count). The highest BCUT2D eigenvalue weighted by Crippen LogP contribution is 2.50. The van der Waals surface area contributed by atoms with E-state index in [-0.39, 0.29) is 38.1 Å². The predicted octanol–water partition coefficient (Wildman–Crippen LogP) is 7.57. The molecular formula is C34H53F5N4O5SSi. The largest absolute Gasteiger partial charge is 0.598 e. The van der Waals surface area contributed by atoms with E-state index in [9.17, 15) is 31.3 Å². The Kier molecular flexibility index (Phi) is 12.5. The van der Waals surface area contributed by atoms with E-state index in [1.165, 1.54) is 6.92 Å². The molecule has 2 aromatic rings. The number of carbonyl (C=O) groups excluding carboxylic acids is 1. The molecule has 0 aliphatic heterocycles. The molecule has 1 heterocycles. The fraction of sp³-hybridized carbons (Fsp3) is 0.765. The van der Waals surface area contributed by atoms with E-state index in [1.54, 1.807) is 43.5 Å². The van der Waals surface area contributed by atoms with Crippen LogP contribution in [0.4, 0.5) is 22.0 Å². The summed E-state index contributed by atoms with van der Waals surface area (Å²) in [6.07, 6.45) is -4.58. The first-order valence-corrected chi connectivity index (χ1v) is 22.0. The van der Waals surface area contributed by atoms with Crippen molar-refractivity contribution >= 4 is 36.4 Å². The summed E-state index contributed by atoms with van der Waals surface area (Å²) in [5, 5.41) is 2.86. The molecule has 0 radical (unpaired) electrons. The number of amides is 1. The second kappa shape index (κ2) is 15.3. The van der Waals surface area contributed by atoms with Crippen molar-refractivity contribution in [1.29, 1.82) is 0 Å². The van der Waals surface area contributed by atoms with Gasteiger partial charge in [0.05, 0.1) is 35.9 Å². The fourth-order valence-electron chi connectivity index (χ4n) is 5.20. The Balaban J connectivity index is 1.74. The third-order valence-corrected chi connectivity index (χ3v) is 12.2. The third-order valence-electron chi connectivity index (χ3n) is 8.87. The van der Waals surface area contributed by atoms with Gasteiger partial charge in [0.25, 0.3) is 5.92 Å². The summed E-state index contributed by atoms with van der Waals surface area (Å²) < 4.78 is 104. The van der Waals surface area contributed by atoms with Crippen LogP contribution in [0.5, 0.6) is 0 Å². The van der Waals surface area contributed by atoms with E-state index in [0.717, 1.165) is 32.7 Å². The normalized spacial score (nSPS) is 20.8. The number of alkyl halides is 5. The molecule has 50 heavy (non-hydrogen) atoms. The van der Waals surface area contributed by atoms with Crippen LogP contribution >= 0.6 is 0 Å². The number of halogens is 5. The Labute approximate surface area is 296 Å². The number of fused-ring (bicyclic) bond motifs is 1. The number of hydrogen-bond acceptors (Lipinski definition) is 7. The summed E-state index contributed by atoms with van der Waals surface area (Å²) >= 11 is -1.73. The van der Waals surface area contributed by atoms with Crippen molar-refractivity contribution in [3.8, 4) is 0 Å². The van der Waals surface area contributed by atoms with E-state index in [1.807, 2.05) is 0 Å². The van der Waals surface area contributed by atoms with Gasteiger partial charge in [-0.05, 0) is 78.1 Å². The van der Waals surface area contributed by atoms with Gasteiger partial charge in [-0.2, -0.15) is 13.2 Å². The Morgan fingerprint density at radius 1 is 1.16 bits per heavy atom. The predicted molar refractivity (Wildman–Crippen MR) is 186 cm³/mol. The van der Waals surface area contributed by atoms with Crippen molar-refractivity contribution in [2.24, 2.45) is 5.92 Å². The summed E-state index contributed by atoms with van der Waals surface area (Å²) in [5.74, 6) is -4.05. The zero-order valence-corrected chi connectivity index (χ0v) is 32.3. The third kappa shape index (κ3) is 11.1. The van der Waals surface area contributed by atoms with Crippen LogP contribution in [0, 0.1) is 5.92 Å². The lowest BCUT2D eigenvalue weighted by molar-refractivity contribution is -0.277. The minimum absolute atomic E-state index is 0.0198. The monoisotopic (exact) mass is 752 g/mol. The topological polar surface area (TPSA) is 110 Å². The van der Waals surface area contributed by atoms with Crippen LogP contribution in [0.3, 0.4) is 0 Å². The molecule has 284 valence electrons. The Hall–Kier alpha value is -1.82. The smallest absolute Gasteiger partial charge is 0.416 e. The molecule has 2 aliphatic rings. The highest BCUT2D eigenvalue weighted by atomic mass is 32.2. The zero-order valence-electron chi connectivity index (χ0n) is 30.5. The van der Waals surface area contributed by atoms with Crippen LogP contribution in [0.1, 0.15) is 90.7 Å². The molecule has 5 atom stereocenters. The first-order valence-electron chi connectivity index (χ1n) is 17.2. The minimum atomic E-state index is -4.68. The first kappa shape index (κ1) is 40.9. The molecule has 1 unspecified atom stereocenters. The molecule has 1 amide bonds. The fourth-order valence-corrected chi connectivity index (χ4v) is 6.83. The van der Waals surface area contributed by atoms with Crippen molar-refractivity contribution in [3.63, 3.8) is 0 Å². The Morgan fingerprint density at radius 3 is 2.34 bits per heavy atom. The van der Waals surface area contributed by atoms with Crippen molar-refractivity contribution in [2.75, 3.05) is 13.2 Å². The highest BCUT2D eigenvalue weighted by Gasteiger charge is 2.57. The van der Waals surface area contributed by atoms with Crippen LogP contribution in [0.2, 0.25) is 25.7 Å². The number of imidazole rings is 1. The van der Waals surface area contributed by atoms with Gasteiger partial charge in [0.15, 0.2) is 5.60 Å². The molecule has 2 saturated carbocycles. The minimum Gasteiger partial charge on any atom is -0.598 e. The van der Waals surface area contributed by atoms with E-state index in [4.69, 9.17) is 19.2 Å². The van der Waals surface area contributed by atoms with Crippen LogP contribution in [-0.2, 0) is 37.1 Å². The first-order chi connectivity index (χ1) is 22.9. The average molecular weight is 753 g/mol. The molecule has 2 N–H and O–H groups in total. The number of hydrogen-bond donors (Lipinski definition) is 2. The van der Waals surface area contributed by atoms with Crippen LogP contribution in [0.25, 0.3) is 11.0 Å². The van der Waals surface area contributed by atoms with Gasteiger partial charge >= 0.3 is 6.18 Å². The van der Waals surface area contributed by atoms with Crippen molar-refractivity contribution in [1.82, 2.24) is 19.6 Å². The summed E-state index contributed by atoms with van der Waals surface area (Å²) in [4.78, 5) is 17.7. The maximum absolute atomic E-state index is 14.0. The zero-order chi connectivity index (χ0) is 37.4. The summed E-state index contributed by atoms with van der Waals surface area (Å²) in [5.41, 5.74) is -0.861. The SMILES string of the molecule is C[C@@H](OC(C)(C)C(F)(F)F)[C@H](N[S+]([O-])C(C)(C)C)c1nc2cc([C@@H](COC3CC3)NC(=O)C[C@H]3CC3(F)F)ccc2n1COCC[Si](C)(C)C. The molecule has 0 bridgehead atoms. The molecule has 16 heteroatoms. The average Bonchev–Trinajstić information content (AvgIpc) is 3.86. The second-order valence-corrected chi connectivity index (χ2v) is 23.9. The number of ether oxygens (including phenoxy) is 3. The number of carbonyl (C=O) groups is 1. The van der Waals surface area contributed by atoms with Gasteiger partial charge in [-0.25, -0.2) is 13.8 Å². The van der Waals surface area contributed by atoms with E-state index in [0.29, 0.717) is 23.2 Å². The van der Waals surface area contributed by atoms with Crippen LogP contribution in [0.15, 0.2) is 18.2 Å². The quantitative estimate of drug-likeness (QED) is 0.0700. The molecule has 2 fully saturated rings. The van der Waals surface area contributed by atoms with Crippen molar-refractivity contribution in [3.05, 3.63) is 29.6 Å². The number of aromatic nitrogens is 2. The molecule has 1 aromatic heterocycles. The lowest BCUT2D eigenvalue weighted by atomic mass is 10.1. The molecule has 2 aliphatic carbocycles. The standard InChI is InChI=1S/C34H53F5N4O5SSi/c1-21(48-32(5,6)34(37,38)39)29(42-49(45)31(2,3)4)30-41-25-16-22(10-13-27(25)43(30)20-46-14-15-50(7,8)9)26(19-47-24-11-12-24)40-28(44)17-23-18-33(23,35)36/h10,13,16,21,23-24,26,29,42H,11-12,14-15,17-20H2,1-9H3,(H,40,44)/t21-,23+,26-,29+,49?/m1/s1. The van der Waals surface area contributed by atoms with Crippen LogP contribution in [-0.4, -0.2) is 76.0 Å². The number of benzene rings is 1. The van der Waals surface area contributed by atoms with Gasteiger partial charge in [0.2, 0.25) is 5.91 Å². The van der Waals surface area contributed by atoms with Gasteiger partial charge in [-0.15, -0.1) is 4.72 Å². The van der Waals surface area contributed by atoms with E-state index < -0.39 is 71.9 Å². The molecular weight excluding hydrogens is 700 g/mol. The molecule has 1 aromatic carbocycles. The summed E-state index contributed by atoms with van der Waals surface area (Å²) in [6, 6.07) is 4.45. The summed E-state index contributed by atoms with van der Waals surface area (Å²) in [6.45, 7) is 15.9. The number of nitrogens with one attached hydrogen (secondary N) is 2. The van der Waals surface area contributed by atoms with Crippen molar-refractivity contribution < 1.29 is 45.5 Å². The van der Waals surface area contributed by atoms with Gasteiger partial charge in [-0.1, -0.05) is 25.7 Å². The lowest BCUT2D eigenvalue weighted by Gasteiger charge is -2.36. The lowest BCUT2D eigenvalue weighted by Crippen LogP contribution is -2.50. The molecule has 0 saturated heterocycles. The van der Waals surface area contributed by atoms with Gasteiger partial charge in [0, 0.05) is 44.8 Å². The number of nitrogens with zero attached hydrogens (tertiary/aromatic N) is 2. The summed E-state index contributed by atoms with van der Waals surface area (Å²) in [7, 11) is -1.45. The molecule has 9 nitrogen and oxygen atoms in total. The van der Waals surface area contributed by atoms with Crippen molar-refractivity contribution in [2.45, 2.75) is 146 Å². The Bertz CT molecular complexity index is 1470. The van der Waals surface area contributed by atoms with Crippen LogP contribution < -0.4 is 10.0 Å². The number of rotatable bonds is 18. The van der Waals surface area contributed by atoms with Gasteiger partial charge < -0.3 is 28.6 Å². The van der Waals surface area contributed by atoms with E-state index in [2.05, 4.69) is 29.7 Å².